The molecule has 19 heavy (non-hydrogen) atoms. The van der Waals surface area contributed by atoms with Gasteiger partial charge in [-0.05, 0) is 48.9 Å². The number of nitrogens with one attached hydrogen (secondary N) is 1. The average Bonchev–Trinajstić information content (AvgIpc) is 2.70. The third kappa shape index (κ3) is 1.83. The summed E-state index contributed by atoms with van der Waals surface area (Å²) >= 11 is 0. The van der Waals surface area contributed by atoms with Crippen LogP contribution in [0.25, 0.3) is 0 Å². The molecule has 3 rings (SSSR count). The van der Waals surface area contributed by atoms with E-state index in [9.17, 15) is 18.0 Å². The molecule has 2 nitrogen and oxygen atoms in total. The van der Waals surface area contributed by atoms with E-state index in [2.05, 4.69) is 5.32 Å². The molecular weight excluding hydrogens is 255 g/mol. The Balaban J connectivity index is 2.10. The molecule has 1 aliphatic heterocycles. The number of benzene rings is 1. The summed E-state index contributed by atoms with van der Waals surface area (Å²) in [6.07, 6.45) is -1.52. The maximum atomic E-state index is 12.7. The molecule has 1 heterocycles. The molecule has 1 atom stereocenters. The van der Waals surface area contributed by atoms with Crippen LogP contribution in [0.4, 0.5) is 13.2 Å². The van der Waals surface area contributed by atoms with E-state index in [0.29, 0.717) is 24.9 Å². The zero-order chi connectivity index (χ0) is 13.7. The Kier molecular flexibility index (Phi) is 2.62. The Morgan fingerprint density at radius 3 is 2.63 bits per heavy atom. The van der Waals surface area contributed by atoms with Gasteiger partial charge in [-0.25, -0.2) is 0 Å². The summed E-state index contributed by atoms with van der Waals surface area (Å²) in [5.41, 5.74) is 0.263. The van der Waals surface area contributed by atoms with Gasteiger partial charge in [-0.1, -0.05) is 6.07 Å². The van der Waals surface area contributed by atoms with Gasteiger partial charge in [-0.15, -0.1) is 0 Å². The quantitative estimate of drug-likeness (QED) is 0.771. The number of halogens is 3. The molecular formula is C14H14F3NO. The first kappa shape index (κ1) is 12.5. The number of alkyl halides is 3. The van der Waals surface area contributed by atoms with Crippen LogP contribution in [0.15, 0.2) is 18.2 Å². The van der Waals surface area contributed by atoms with Gasteiger partial charge in [0.2, 0.25) is 5.91 Å². The number of amides is 1. The maximum absolute atomic E-state index is 12.7. The summed E-state index contributed by atoms with van der Waals surface area (Å²) < 4.78 is 38.2. The van der Waals surface area contributed by atoms with Crippen molar-refractivity contribution < 1.29 is 18.0 Å². The molecule has 1 fully saturated rings. The molecule has 2 aliphatic rings. The predicted octanol–water partition coefficient (Wildman–Crippen LogP) is 2.80. The lowest BCUT2D eigenvalue weighted by Gasteiger charge is -2.33. The molecule has 0 saturated carbocycles. The fraction of sp³-hybridized carbons (Fsp3) is 0.500. The lowest BCUT2D eigenvalue weighted by molar-refractivity contribution is -0.137. The first-order valence-corrected chi connectivity index (χ1v) is 6.42. The van der Waals surface area contributed by atoms with E-state index in [1.54, 1.807) is 0 Å². The summed E-state index contributed by atoms with van der Waals surface area (Å²) in [6, 6.07) is 3.81. The van der Waals surface area contributed by atoms with E-state index in [0.717, 1.165) is 24.5 Å². The Morgan fingerprint density at radius 2 is 2.00 bits per heavy atom. The molecule has 1 amide bonds. The number of carbonyl (C=O) groups excluding carboxylic acids is 1. The highest BCUT2D eigenvalue weighted by atomic mass is 19.4. The SMILES string of the molecule is O=C1NCCC12CCCc1cc(C(F)(F)F)ccc12. The van der Waals surface area contributed by atoms with E-state index in [-0.39, 0.29) is 5.91 Å². The number of rotatable bonds is 0. The lowest BCUT2D eigenvalue weighted by atomic mass is 9.68. The average molecular weight is 269 g/mol. The van der Waals surface area contributed by atoms with E-state index in [1.165, 1.54) is 12.1 Å². The number of aryl methyl sites for hydroxylation is 1. The first-order valence-electron chi connectivity index (χ1n) is 6.42. The van der Waals surface area contributed by atoms with Crippen LogP contribution in [0.3, 0.4) is 0 Å². The van der Waals surface area contributed by atoms with Crippen LogP contribution in [0, 0.1) is 0 Å². The Labute approximate surface area is 109 Å². The molecule has 0 aromatic heterocycles. The zero-order valence-corrected chi connectivity index (χ0v) is 10.3. The van der Waals surface area contributed by atoms with Gasteiger partial charge in [0.15, 0.2) is 0 Å². The van der Waals surface area contributed by atoms with E-state index in [1.807, 2.05) is 0 Å². The standard InChI is InChI=1S/C14H14F3NO/c15-14(16,17)10-3-4-11-9(8-10)2-1-5-13(11)6-7-18-12(13)19/h3-4,8H,1-2,5-7H2,(H,18,19). The molecule has 1 saturated heterocycles. The number of hydrogen-bond acceptors (Lipinski definition) is 1. The van der Waals surface area contributed by atoms with E-state index < -0.39 is 17.2 Å². The summed E-state index contributed by atoms with van der Waals surface area (Å²) in [5.74, 6) is -0.0341. The second kappa shape index (κ2) is 3.99. The van der Waals surface area contributed by atoms with E-state index >= 15 is 0 Å². The van der Waals surface area contributed by atoms with Crippen molar-refractivity contribution in [2.24, 2.45) is 0 Å². The van der Waals surface area contributed by atoms with Crippen molar-refractivity contribution >= 4 is 5.91 Å². The van der Waals surface area contributed by atoms with Crippen molar-refractivity contribution in [1.82, 2.24) is 5.32 Å². The van der Waals surface area contributed by atoms with Gasteiger partial charge in [0.1, 0.15) is 0 Å². The van der Waals surface area contributed by atoms with Crippen molar-refractivity contribution in [3.05, 3.63) is 34.9 Å². The molecule has 0 radical (unpaired) electrons. The minimum absolute atomic E-state index is 0.0341. The van der Waals surface area contributed by atoms with Crippen LogP contribution in [-0.4, -0.2) is 12.5 Å². The summed E-state index contributed by atoms with van der Waals surface area (Å²) in [4.78, 5) is 12.1. The third-order valence-electron chi connectivity index (χ3n) is 4.27. The second-order valence-corrected chi connectivity index (χ2v) is 5.31. The van der Waals surface area contributed by atoms with Crippen LogP contribution in [0.1, 0.15) is 36.0 Å². The maximum Gasteiger partial charge on any atom is 0.416 e. The van der Waals surface area contributed by atoms with E-state index in [4.69, 9.17) is 0 Å². The molecule has 1 unspecified atom stereocenters. The highest BCUT2D eigenvalue weighted by Crippen LogP contribution is 2.44. The Hall–Kier alpha value is -1.52. The lowest BCUT2D eigenvalue weighted by Crippen LogP contribution is -2.38. The van der Waals surface area contributed by atoms with Crippen molar-refractivity contribution in [3.63, 3.8) is 0 Å². The van der Waals surface area contributed by atoms with Crippen LogP contribution in [0.2, 0.25) is 0 Å². The molecule has 0 bridgehead atoms. The Bertz CT molecular complexity index is 538. The second-order valence-electron chi connectivity index (χ2n) is 5.31. The van der Waals surface area contributed by atoms with Gasteiger partial charge in [0, 0.05) is 6.54 Å². The molecule has 1 aliphatic carbocycles. The first-order chi connectivity index (χ1) is 8.93. The van der Waals surface area contributed by atoms with Crippen LogP contribution < -0.4 is 5.32 Å². The monoisotopic (exact) mass is 269 g/mol. The van der Waals surface area contributed by atoms with Gasteiger partial charge in [-0.3, -0.25) is 4.79 Å². The van der Waals surface area contributed by atoms with Crippen molar-refractivity contribution in [3.8, 4) is 0 Å². The van der Waals surface area contributed by atoms with Crippen molar-refractivity contribution in [1.29, 1.82) is 0 Å². The van der Waals surface area contributed by atoms with Gasteiger partial charge < -0.3 is 5.32 Å². The molecule has 1 spiro atoms. The predicted molar refractivity (Wildman–Crippen MR) is 63.7 cm³/mol. The molecule has 1 aromatic carbocycles. The molecule has 102 valence electrons. The summed E-state index contributed by atoms with van der Waals surface area (Å²) in [7, 11) is 0. The van der Waals surface area contributed by atoms with Gasteiger partial charge in [-0.2, -0.15) is 13.2 Å². The van der Waals surface area contributed by atoms with Crippen molar-refractivity contribution in [2.45, 2.75) is 37.3 Å². The third-order valence-corrected chi connectivity index (χ3v) is 4.27. The van der Waals surface area contributed by atoms with Gasteiger partial charge in [0.05, 0.1) is 11.0 Å². The van der Waals surface area contributed by atoms with Crippen LogP contribution in [-0.2, 0) is 22.8 Å². The fourth-order valence-corrected chi connectivity index (χ4v) is 3.33. The topological polar surface area (TPSA) is 29.1 Å². The smallest absolute Gasteiger partial charge is 0.355 e. The normalized spacial score (nSPS) is 26.4. The fourth-order valence-electron chi connectivity index (χ4n) is 3.33. The van der Waals surface area contributed by atoms with Crippen molar-refractivity contribution in [2.75, 3.05) is 6.54 Å². The van der Waals surface area contributed by atoms with Crippen LogP contribution >= 0.6 is 0 Å². The molecule has 1 aromatic rings. The summed E-state index contributed by atoms with van der Waals surface area (Å²) in [6.45, 7) is 0.610. The Morgan fingerprint density at radius 1 is 1.21 bits per heavy atom. The minimum atomic E-state index is -4.32. The number of hydrogen-bond donors (Lipinski definition) is 1. The minimum Gasteiger partial charge on any atom is -0.355 e. The van der Waals surface area contributed by atoms with Gasteiger partial charge in [0.25, 0.3) is 0 Å². The highest BCUT2D eigenvalue weighted by molar-refractivity contribution is 5.91. The number of fused-ring (bicyclic) bond motifs is 2. The largest absolute Gasteiger partial charge is 0.416 e. The summed E-state index contributed by atoms with van der Waals surface area (Å²) in [5, 5.41) is 2.80. The number of carbonyl (C=O) groups is 1. The van der Waals surface area contributed by atoms with Crippen LogP contribution in [0.5, 0.6) is 0 Å². The molecule has 5 heteroatoms. The van der Waals surface area contributed by atoms with Gasteiger partial charge >= 0.3 is 6.18 Å². The zero-order valence-electron chi connectivity index (χ0n) is 10.3. The molecule has 1 N–H and O–H groups in total. The highest BCUT2D eigenvalue weighted by Gasteiger charge is 2.46.